The van der Waals surface area contributed by atoms with E-state index in [4.69, 9.17) is 10.00 Å². The maximum atomic E-state index is 11.5. The van der Waals surface area contributed by atoms with E-state index >= 15 is 0 Å². The van der Waals surface area contributed by atoms with Gasteiger partial charge in [-0.2, -0.15) is 5.26 Å². The van der Waals surface area contributed by atoms with E-state index in [1.807, 2.05) is 6.07 Å². The van der Waals surface area contributed by atoms with Crippen molar-refractivity contribution in [2.75, 3.05) is 14.1 Å². The highest BCUT2D eigenvalue weighted by atomic mass is 16.5. The number of nitrogens with zero attached hydrogens (tertiary/aromatic N) is 2. The monoisotopic (exact) mass is 218 g/mol. The summed E-state index contributed by atoms with van der Waals surface area (Å²) in [6, 6.07) is 8.76. The minimum Gasteiger partial charge on any atom is -0.481 e. The molecule has 0 radical (unpaired) electrons. The Morgan fingerprint density at radius 3 is 2.75 bits per heavy atom. The summed E-state index contributed by atoms with van der Waals surface area (Å²) in [5.74, 6) is 0.420. The smallest absolute Gasteiger partial charge is 0.262 e. The first-order chi connectivity index (χ1) is 7.54. The quantitative estimate of drug-likeness (QED) is 0.770. The molecule has 0 saturated carbocycles. The molecule has 1 amide bonds. The first kappa shape index (κ1) is 12.1. The van der Waals surface area contributed by atoms with Crippen LogP contribution in [0.2, 0.25) is 0 Å². The van der Waals surface area contributed by atoms with Gasteiger partial charge in [-0.3, -0.25) is 4.79 Å². The highest BCUT2D eigenvalue weighted by Gasteiger charge is 2.16. The number of rotatable bonds is 3. The number of carbonyl (C=O) groups is 1. The number of hydrogen-bond acceptors (Lipinski definition) is 3. The Kier molecular flexibility index (Phi) is 3.90. The Bertz CT molecular complexity index is 421. The Morgan fingerprint density at radius 2 is 2.19 bits per heavy atom. The van der Waals surface area contributed by atoms with Crippen molar-refractivity contribution in [2.24, 2.45) is 0 Å². The van der Waals surface area contributed by atoms with Gasteiger partial charge in [-0.1, -0.05) is 6.07 Å². The summed E-state index contributed by atoms with van der Waals surface area (Å²) in [5.41, 5.74) is 0.516. The minimum atomic E-state index is -0.552. The second-order valence-corrected chi connectivity index (χ2v) is 3.63. The molecular formula is C12H14N2O2. The van der Waals surface area contributed by atoms with Crippen LogP contribution in [0.25, 0.3) is 0 Å². The molecule has 0 N–H and O–H groups in total. The predicted octanol–water partition coefficient (Wildman–Crippen LogP) is 1.41. The molecule has 0 aromatic heterocycles. The molecule has 0 saturated heterocycles. The van der Waals surface area contributed by atoms with Gasteiger partial charge in [0, 0.05) is 14.1 Å². The lowest BCUT2D eigenvalue weighted by molar-refractivity contribution is -0.135. The van der Waals surface area contributed by atoms with Gasteiger partial charge in [0.1, 0.15) is 5.75 Å². The second kappa shape index (κ2) is 5.17. The Hall–Kier alpha value is -2.02. The van der Waals surface area contributed by atoms with Crippen LogP contribution in [0.15, 0.2) is 24.3 Å². The molecule has 4 heteroatoms. The summed E-state index contributed by atoms with van der Waals surface area (Å²) in [7, 11) is 3.35. The lowest BCUT2D eigenvalue weighted by Gasteiger charge is -2.18. The summed E-state index contributed by atoms with van der Waals surface area (Å²) in [5, 5.41) is 8.71. The van der Waals surface area contributed by atoms with E-state index in [1.54, 1.807) is 45.3 Å². The molecule has 0 spiro atoms. The molecule has 1 rings (SSSR count). The van der Waals surface area contributed by atoms with Crippen molar-refractivity contribution in [1.29, 1.82) is 5.26 Å². The molecule has 0 fully saturated rings. The van der Waals surface area contributed by atoms with Crippen LogP contribution < -0.4 is 4.74 Å². The second-order valence-electron chi connectivity index (χ2n) is 3.63. The Labute approximate surface area is 95.0 Å². The molecule has 1 unspecified atom stereocenters. The van der Waals surface area contributed by atoms with Gasteiger partial charge in [-0.25, -0.2) is 0 Å². The molecule has 1 aromatic carbocycles. The van der Waals surface area contributed by atoms with Crippen LogP contribution in [0.1, 0.15) is 12.5 Å². The summed E-state index contributed by atoms with van der Waals surface area (Å²) in [6.45, 7) is 1.68. The molecule has 0 bridgehead atoms. The average molecular weight is 218 g/mol. The number of amides is 1. The largest absolute Gasteiger partial charge is 0.481 e. The summed E-state index contributed by atoms with van der Waals surface area (Å²) >= 11 is 0. The lowest BCUT2D eigenvalue weighted by Crippen LogP contribution is -2.35. The lowest BCUT2D eigenvalue weighted by atomic mass is 10.2. The van der Waals surface area contributed by atoms with Crippen LogP contribution in [0.5, 0.6) is 5.75 Å². The zero-order chi connectivity index (χ0) is 12.1. The maximum absolute atomic E-state index is 11.5. The summed E-state index contributed by atoms with van der Waals surface area (Å²) in [6.07, 6.45) is -0.552. The van der Waals surface area contributed by atoms with Crippen molar-refractivity contribution < 1.29 is 9.53 Å². The maximum Gasteiger partial charge on any atom is 0.262 e. The molecule has 16 heavy (non-hydrogen) atoms. The van der Waals surface area contributed by atoms with Crippen LogP contribution in [-0.4, -0.2) is 31.0 Å². The van der Waals surface area contributed by atoms with Gasteiger partial charge >= 0.3 is 0 Å². The number of hydrogen-bond donors (Lipinski definition) is 0. The van der Waals surface area contributed by atoms with Crippen LogP contribution in [0, 0.1) is 11.3 Å². The number of carbonyl (C=O) groups excluding carboxylic acids is 1. The van der Waals surface area contributed by atoms with Gasteiger partial charge in [-0.05, 0) is 25.1 Å². The third-order valence-electron chi connectivity index (χ3n) is 2.06. The Balaban J connectivity index is 2.74. The fourth-order valence-corrected chi connectivity index (χ4v) is 1.26. The van der Waals surface area contributed by atoms with Crippen molar-refractivity contribution in [1.82, 2.24) is 4.90 Å². The van der Waals surface area contributed by atoms with E-state index in [1.165, 1.54) is 4.90 Å². The van der Waals surface area contributed by atoms with Gasteiger partial charge in [0.05, 0.1) is 11.6 Å². The fourth-order valence-electron chi connectivity index (χ4n) is 1.26. The van der Waals surface area contributed by atoms with Crippen LogP contribution in [-0.2, 0) is 4.79 Å². The highest BCUT2D eigenvalue weighted by molar-refractivity contribution is 5.80. The molecule has 1 aromatic rings. The van der Waals surface area contributed by atoms with E-state index in [9.17, 15) is 4.79 Å². The van der Waals surface area contributed by atoms with Crippen molar-refractivity contribution >= 4 is 5.91 Å². The van der Waals surface area contributed by atoms with Gasteiger partial charge in [0.15, 0.2) is 6.10 Å². The fraction of sp³-hybridized carbons (Fsp3) is 0.333. The minimum absolute atomic E-state index is 0.109. The Morgan fingerprint density at radius 1 is 1.50 bits per heavy atom. The number of benzene rings is 1. The topological polar surface area (TPSA) is 53.3 Å². The van der Waals surface area contributed by atoms with Crippen molar-refractivity contribution in [3.05, 3.63) is 29.8 Å². The van der Waals surface area contributed by atoms with Gasteiger partial charge < -0.3 is 9.64 Å². The first-order valence-electron chi connectivity index (χ1n) is 4.92. The van der Waals surface area contributed by atoms with E-state index in [0.717, 1.165) is 0 Å². The third kappa shape index (κ3) is 2.99. The third-order valence-corrected chi connectivity index (χ3v) is 2.06. The zero-order valence-electron chi connectivity index (χ0n) is 9.60. The predicted molar refractivity (Wildman–Crippen MR) is 59.9 cm³/mol. The molecular weight excluding hydrogens is 204 g/mol. The standard InChI is InChI=1S/C12H14N2O2/c1-9(12(15)14(2)3)16-11-6-4-5-10(7-11)8-13/h4-7,9H,1-3H3. The summed E-state index contributed by atoms with van der Waals surface area (Å²) in [4.78, 5) is 13.0. The summed E-state index contributed by atoms with van der Waals surface area (Å²) < 4.78 is 5.44. The van der Waals surface area contributed by atoms with E-state index in [2.05, 4.69) is 0 Å². The van der Waals surface area contributed by atoms with Gasteiger partial charge in [0.25, 0.3) is 5.91 Å². The van der Waals surface area contributed by atoms with E-state index in [0.29, 0.717) is 11.3 Å². The SMILES string of the molecule is CC(Oc1cccc(C#N)c1)C(=O)N(C)C. The highest BCUT2D eigenvalue weighted by Crippen LogP contribution is 2.14. The molecule has 0 heterocycles. The first-order valence-corrected chi connectivity index (χ1v) is 4.92. The van der Waals surface area contributed by atoms with Crippen LogP contribution in [0.4, 0.5) is 0 Å². The van der Waals surface area contributed by atoms with Crippen molar-refractivity contribution in [3.8, 4) is 11.8 Å². The number of likely N-dealkylation sites (N-methyl/N-ethyl adjacent to an activating group) is 1. The van der Waals surface area contributed by atoms with Crippen LogP contribution in [0.3, 0.4) is 0 Å². The van der Waals surface area contributed by atoms with Crippen LogP contribution >= 0.6 is 0 Å². The molecule has 84 valence electrons. The average Bonchev–Trinajstić information content (AvgIpc) is 2.28. The molecule has 0 aliphatic rings. The van der Waals surface area contributed by atoms with Gasteiger partial charge in [0.2, 0.25) is 0 Å². The molecule has 0 aliphatic carbocycles. The van der Waals surface area contributed by atoms with Crippen molar-refractivity contribution in [2.45, 2.75) is 13.0 Å². The van der Waals surface area contributed by atoms with Gasteiger partial charge in [-0.15, -0.1) is 0 Å². The molecule has 1 atom stereocenters. The number of ether oxygens (including phenoxy) is 1. The number of nitriles is 1. The van der Waals surface area contributed by atoms with Crippen molar-refractivity contribution in [3.63, 3.8) is 0 Å². The molecule has 0 aliphatic heterocycles. The van der Waals surface area contributed by atoms with E-state index in [-0.39, 0.29) is 5.91 Å². The molecule has 4 nitrogen and oxygen atoms in total. The van der Waals surface area contributed by atoms with E-state index < -0.39 is 6.10 Å². The zero-order valence-corrected chi connectivity index (χ0v) is 9.60. The normalized spacial score (nSPS) is 11.4.